The van der Waals surface area contributed by atoms with Gasteiger partial charge in [0, 0.05) is 13.1 Å². The average molecular weight is 300 g/mol. The van der Waals surface area contributed by atoms with Crippen molar-refractivity contribution >= 4 is 12.0 Å². The Balaban J connectivity index is 4.04. The van der Waals surface area contributed by atoms with Gasteiger partial charge in [-0.25, -0.2) is 4.79 Å². The van der Waals surface area contributed by atoms with Crippen molar-refractivity contribution in [3.05, 3.63) is 0 Å². The molecular formula is C11H19F3N2O4. The van der Waals surface area contributed by atoms with Crippen LogP contribution in [-0.4, -0.2) is 61.0 Å². The molecule has 0 unspecified atom stereocenters. The molecular weight excluding hydrogens is 281 g/mol. The van der Waals surface area contributed by atoms with Crippen LogP contribution < -0.4 is 5.32 Å². The maximum atomic E-state index is 11.8. The van der Waals surface area contributed by atoms with E-state index in [1.54, 1.807) is 0 Å². The number of hydrogen-bond acceptors (Lipinski definition) is 3. The number of carbonyl (C=O) groups excluding carboxylic acids is 1. The third kappa shape index (κ3) is 10.4. The predicted molar refractivity (Wildman–Crippen MR) is 64.3 cm³/mol. The van der Waals surface area contributed by atoms with Crippen LogP contribution >= 0.6 is 0 Å². The number of nitrogens with zero attached hydrogens (tertiary/aromatic N) is 1. The number of urea groups is 1. The summed E-state index contributed by atoms with van der Waals surface area (Å²) in [6.45, 7) is 1.60. The van der Waals surface area contributed by atoms with Crippen LogP contribution in [0.3, 0.4) is 0 Å². The molecule has 2 amide bonds. The monoisotopic (exact) mass is 300 g/mol. The van der Waals surface area contributed by atoms with Crippen molar-refractivity contribution in [3.63, 3.8) is 0 Å². The lowest BCUT2D eigenvalue weighted by Gasteiger charge is -2.23. The van der Waals surface area contributed by atoms with Crippen molar-refractivity contribution in [2.45, 2.75) is 20.0 Å². The minimum atomic E-state index is -4.41. The quantitative estimate of drug-likeness (QED) is 0.663. The highest BCUT2D eigenvalue weighted by Crippen LogP contribution is 2.13. The Labute approximate surface area is 114 Å². The number of nitrogens with one attached hydrogen (secondary N) is 1. The number of hydrogen-bond donors (Lipinski definition) is 2. The van der Waals surface area contributed by atoms with Crippen LogP contribution in [0.5, 0.6) is 0 Å². The zero-order valence-electron chi connectivity index (χ0n) is 11.4. The highest BCUT2D eigenvalue weighted by Gasteiger charge is 2.27. The SMILES string of the molecule is CC(C)CN(CC(=O)O)C(=O)NCCOCC(F)(F)F. The minimum absolute atomic E-state index is 0.0709. The Kier molecular flexibility index (Phi) is 7.97. The van der Waals surface area contributed by atoms with Crippen molar-refractivity contribution in [2.24, 2.45) is 5.92 Å². The number of halogens is 3. The van der Waals surface area contributed by atoms with Gasteiger partial charge in [0.05, 0.1) is 6.61 Å². The van der Waals surface area contributed by atoms with Gasteiger partial charge in [0.15, 0.2) is 0 Å². The van der Waals surface area contributed by atoms with E-state index in [9.17, 15) is 22.8 Å². The van der Waals surface area contributed by atoms with E-state index < -0.39 is 31.3 Å². The van der Waals surface area contributed by atoms with Crippen molar-refractivity contribution in [1.29, 1.82) is 0 Å². The number of aliphatic carboxylic acids is 1. The van der Waals surface area contributed by atoms with Gasteiger partial charge in [-0.1, -0.05) is 13.8 Å². The molecule has 0 saturated heterocycles. The minimum Gasteiger partial charge on any atom is -0.480 e. The van der Waals surface area contributed by atoms with E-state index >= 15 is 0 Å². The Morgan fingerprint density at radius 3 is 2.40 bits per heavy atom. The number of carboxylic acid groups (broad SMARTS) is 1. The molecule has 118 valence electrons. The molecule has 0 rings (SSSR count). The molecule has 0 aliphatic heterocycles. The van der Waals surface area contributed by atoms with Gasteiger partial charge in [-0.2, -0.15) is 13.2 Å². The molecule has 0 saturated carbocycles. The van der Waals surface area contributed by atoms with E-state index in [0.717, 1.165) is 4.90 Å². The van der Waals surface area contributed by atoms with Crippen LogP contribution in [0, 0.1) is 5.92 Å². The largest absolute Gasteiger partial charge is 0.480 e. The highest BCUT2D eigenvalue weighted by atomic mass is 19.4. The maximum absolute atomic E-state index is 11.8. The molecule has 0 bridgehead atoms. The smallest absolute Gasteiger partial charge is 0.411 e. The lowest BCUT2D eigenvalue weighted by molar-refractivity contribution is -0.173. The van der Waals surface area contributed by atoms with E-state index in [-0.39, 0.29) is 25.6 Å². The lowest BCUT2D eigenvalue weighted by Crippen LogP contribution is -2.45. The molecule has 0 aliphatic carbocycles. The lowest BCUT2D eigenvalue weighted by atomic mass is 10.2. The summed E-state index contributed by atoms with van der Waals surface area (Å²) in [5.41, 5.74) is 0. The molecule has 0 aliphatic rings. The maximum Gasteiger partial charge on any atom is 0.411 e. The normalized spacial score (nSPS) is 11.5. The summed E-state index contributed by atoms with van der Waals surface area (Å²) in [6.07, 6.45) is -4.41. The van der Waals surface area contributed by atoms with Gasteiger partial charge in [0.2, 0.25) is 0 Å². The van der Waals surface area contributed by atoms with Crippen molar-refractivity contribution < 1.29 is 32.6 Å². The predicted octanol–water partition coefficient (Wildman–Crippen LogP) is 1.32. The van der Waals surface area contributed by atoms with E-state index in [0.29, 0.717) is 0 Å². The van der Waals surface area contributed by atoms with Crippen LogP contribution in [0.2, 0.25) is 0 Å². The standard InChI is InChI=1S/C11H19F3N2O4/c1-8(2)5-16(6-9(17)18)10(19)15-3-4-20-7-11(12,13)14/h8H,3-7H2,1-2H3,(H,15,19)(H,17,18). The Morgan fingerprint density at radius 1 is 1.35 bits per heavy atom. The van der Waals surface area contributed by atoms with Crippen LogP contribution in [0.4, 0.5) is 18.0 Å². The van der Waals surface area contributed by atoms with Crippen LogP contribution in [0.1, 0.15) is 13.8 Å². The summed E-state index contributed by atoms with van der Waals surface area (Å²) in [5.74, 6) is -1.09. The second-order valence-corrected chi connectivity index (χ2v) is 4.57. The Bertz CT molecular complexity index is 321. The van der Waals surface area contributed by atoms with Gasteiger partial charge in [-0.15, -0.1) is 0 Å². The van der Waals surface area contributed by atoms with E-state index in [2.05, 4.69) is 10.1 Å². The zero-order valence-corrected chi connectivity index (χ0v) is 11.4. The van der Waals surface area contributed by atoms with Crippen molar-refractivity contribution in [3.8, 4) is 0 Å². The second-order valence-electron chi connectivity index (χ2n) is 4.57. The van der Waals surface area contributed by atoms with Gasteiger partial charge < -0.3 is 20.1 Å². The molecule has 0 heterocycles. The van der Waals surface area contributed by atoms with Crippen LogP contribution in [0.15, 0.2) is 0 Å². The van der Waals surface area contributed by atoms with E-state index in [4.69, 9.17) is 5.11 Å². The topological polar surface area (TPSA) is 78.9 Å². The van der Waals surface area contributed by atoms with Gasteiger partial charge >= 0.3 is 18.2 Å². The molecule has 9 heteroatoms. The van der Waals surface area contributed by atoms with Crippen molar-refractivity contribution in [1.82, 2.24) is 10.2 Å². The zero-order chi connectivity index (χ0) is 15.8. The second kappa shape index (κ2) is 8.62. The van der Waals surface area contributed by atoms with E-state index in [1.807, 2.05) is 13.8 Å². The van der Waals surface area contributed by atoms with Crippen molar-refractivity contribution in [2.75, 3.05) is 32.8 Å². The summed E-state index contributed by atoms with van der Waals surface area (Å²) in [7, 11) is 0. The van der Waals surface area contributed by atoms with Gasteiger partial charge in [0.1, 0.15) is 13.2 Å². The fourth-order valence-electron chi connectivity index (χ4n) is 1.35. The molecule has 2 N–H and O–H groups in total. The first-order valence-electron chi connectivity index (χ1n) is 6.01. The molecule has 6 nitrogen and oxygen atoms in total. The molecule has 0 spiro atoms. The number of rotatable bonds is 8. The average Bonchev–Trinajstić information content (AvgIpc) is 2.24. The van der Waals surface area contributed by atoms with Crippen LogP contribution in [-0.2, 0) is 9.53 Å². The summed E-state index contributed by atoms with van der Waals surface area (Å²) < 4.78 is 39.6. The number of amides is 2. The third-order valence-corrected chi connectivity index (χ3v) is 1.99. The molecule has 0 fully saturated rings. The Morgan fingerprint density at radius 2 is 1.95 bits per heavy atom. The van der Waals surface area contributed by atoms with Crippen LogP contribution in [0.25, 0.3) is 0 Å². The molecule has 0 atom stereocenters. The number of carbonyl (C=O) groups is 2. The van der Waals surface area contributed by atoms with Gasteiger partial charge in [-0.3, -0.25) is 4.79 Å². The Hall–Kier alpha value is -1.51. The third-order valence-electron chi connectivity index (χ3n) is 1.99. The molecule has 20 heavy (non-hydrogen) atoms. The fraction of sp³-hybridized carbons (Fsp3) is 0.818. The number of ether oxygens (including phenoxy) is 1. The summed E-state index contributed by atoms with van der Waals surface area (Å²) in [6, 6.07) is -0.642. The molecule has 0 aromatic rings. The number of carboxylic acids is 1. The molecule has 0 aromatic heterocycles. The molecule has 0 aromatic carbocycles. The molecule has 0 radical (unpaired) electrons. The first kappa shape index (κ1) is 18.5. The number of alkyl halides is 3. The highest BCUT2D eigenvalue weighted by molar-refractivity contribution is 5.80. The van der Waals surface area contributed by atoms with Gasteiger partial charge in [0.25, 0.3) is 0 Å². The fourth-order valence-corrected chi connectivity index (χ4v) is 1.35. The first-order valence-corrected chi connectivity index (χ1v) is 6.01. The summed E-state index contributed by atoms with van der Waals surface area (Å²) in [4.78, 5) is 23.3. The summed E-state index contributed by atoms with van der Waals surface area (Å²) in [5, 5.41) is 11.0. The first-order chi connectivity index (χ1) is 9.11. The van der Waals surface area contributed by atoms with Gasteiger partial charge in [-0.05, 0) is 5.92 Å². The van der Waals surface area contributed by atoms with E-state index in [1.165, 1.54) is 0 Å². The summed E-state index contributed by atoms with van der Waals surface area (Å²) >= 11 is 0.